The molecule has 0 atom stereocenters. The molecule has 2 heterocycles. The second-order valence-corrected chi connectivity index (χ2v) is 7.11. The van der Waals surface area contributed by atoms with Gasteiger partial charge in [0.05, 0.1) is 14.2 Å². The lowest BCUT2D eigenvalue weighted by molar-refractivity contribution is 0.102. The van der Waals surface area contributed by atoms with E-state index in [2.05, 4.69) is 5.32 Å². The zero-order chi connectivity index (χ0) is 21.3. The van der Waals surface area contributed by atoms with Gasteiger partial charge >= 0.3 is 0 Å². The van der Waals surface area contributed by atoms with Crippen molar-refractivity contribution in [3.63, 3.8) is 0 Å². The Morgan fingerprint density at radius 1 is 0.967 bits per heavy atom. The number of nitrogens with one attached hydrogen (secondary N) is 1. The normalized spacial score (nSPS) is 10.8. The first-order valence-corrected chi connectivity index (χ1v) is 9.59. The summed E-state index contributed by atoms with van der Waals surface area (Å²) in [6, 6.07) is 17.0. The number of ether oxygens (including phenoxy) is 2. The first-order valence-electron chi connectivity index (χ1n) is 9.59. The van der Waals surface area contributed by atoms with Crippen LogP contribution in [0, 0.1) is 13.8 Å². The first-order chi connectivity index (χ1) is 14.5. The van der Waals surface area contributed by atoms with Crippen LogP contribution in [0.5, 0.6) is 11.5 Å². The van der Waals surface area contributed by atoms with Crippen molar-refractivity contribution >= 4 is 17.4 Å². The molecule has 4 aromatic rings. The number of fused-ring (bicyclic) bond motifs is 1. The smallest absolute Gasteiger partial charge is 0.257 e. The molecule has 0 spiro atoms. The van der Waals surface area contributed by atoms with Gasteiger partial charge < -0.3 is 14.8 Å². The summed E-state index contributed by atoms with van der Waals surface area (Å²) in [5, 5.41) is 3.06. The number of hydrogen-bond acceptors (Lipinski definition) is 4. The summed E-state index contributed by atoms with van der Waals surface area (Å²) in [4.78, 5) is 18.0. The molecule has 0 bridgehead atoms. The van der Waals surface area contributed by atoms with Crippen LogP contribution in [0.2, 0.25) is 0 Å². The zero-order valence-electron chi connectivity index (χ0n) is 17.4. The second-order valence-electron chi connectivity index (χ2n) is 7.11. The summed E-state index contributed by atoms with van der Waals surface area (Å²) in [7, 11) is 3.11. The van der Waals surface area contributed by atoms with Gasteiger partial charge in [0, 0.05) is 23.4 Å². The third kappa shape index (κ3) is 3.59. The average molecular weight is 401 g/mol. The molecule has 0 saturated heterocycles. The van der Waals surface area contributed by atoms with Crippen LogP contribution in [0.25, 0.3) is 16.9 Å². The minimum atomic E-state index is -0.273. The van der Waals surface area contributed by atoms with Crippen molar-refractivity contribution in [1.29, 1.82) is 0 Å². The molecule has 0 aliphatic carbocycles. The quantitative estimate of drug-likeness (QED) is 0.517. The summed E-state index contributed by atoms with van der Waals surface area (Å²) in [6.45, 7) is 4.04. The van der Waals surface area contributed by atoms with E-state index in [4.69, 9.17) is 14.5 Å². The second kappa shape index (κ2) is 7.91. The van der Waals surface area contributed by atoms with Gasteiger partial charge in [-0.1, -0.05) is 30.3 Å². The number of nitrogens with zero attached hydrogens (tertiary/aromatic N) is 2. The Labute approximate surface area is 175 Å². The first kappa shape index (κ1) is 19.5. The van der Waals surface area contributed by atoms with Gasteiger partial charge in [0.2, 0.25) is 0 Å². The van der Waals surface area contributed by atoms with Crippen molar-refractivity contribution in [2.75, 3.05) is 19.5 Å². The van der Waals surface area contributed by atoms with Crippen molar-refractivity contribution in [2.24, 2.45) is 0 Å². The van der Waals surface area contributed by atoms with Crippen LogP contribution in [0.3, 0.4) is 0 Å². The Morgan fingerprint density at radius 3 is 2.33 bits per heavy atom. The molecule has 0 unspecified atom stereocenters. The maximum absolute atomic E-state index is 13.2. The molecule has 0 aliphatic heterocycles. The summed E-state index contributed by atoms with van der Waals surface area (Å²) in [6.07, 6.45) is 1.96. The number of rotatable bonds is 5. The Balaban J connectivity index is 1.84. The van der Waals surface area contributed by atoms with E-state index in [1.165, 1.54) is 0 Å². The summed E-state index contributed by atoms with van der Waals surface area (Å²) < 4.78 is 12.5. The van der Waals surface area contributed by atoms with Crippen LogP contribution in [0.1, 0.15) is 21.5 Å². The molecule has 6 heteroatoms. The molecule has 152 valence electrons. The number of aromatic nitrogens is 2. The molecule has 1 amide bonds. The molecule has 30 heavy (non-hydrogen) atoms. The van der Waals surface area contributed by atoms with Gasteiger partial charge in [-0.3, -0.25) is 9.20 Å². The number of imidazole rings is 1. The maximum atomic E-state index is 13.2. The van der Waals surface area contributed by atoms with Gasteiger partial charge in [0.1, 0.15) is 28.7 Å². The van der Waals surface area contributed by atoms with Gasteiger partial charge in [-0.15, -0.1) is 0 Å². The van der Waals surface area contributed by atoms with E-state index < -0.39 is 0 Å². The number of anilines is 1. The Kier molecular flexibility index (Phi) is 5.14. The molecule has 1 N–H and O–H groups in total. The van der Waals surface area contributed by atoms with Crippen molar-refractivity contribution in [2.45, 2.75) is 13.8 Å². The molecular formula is C24H23N3O3. The highest BCUT2D eigenvalue weighted by Crippen LogP contribution is 2.32. The number of methoxy groups -OCH3 is 2. The molecule has 2 aromatic carbocycles. The summed E-state index contributed by atoms with van der Waals surface area (Å²) in [5.41, 5.74) is 5.03. The van der Waals surface area contributed by atoms with E-state index in [-0.39, 0.29) is 5.91 Å². The van der Waals surface area contributed by atoms with Crippen molar-refractivity contribution in [3.05, 3.63) is 77.5 Å². The lowest BCUT2D eigenvalue weighted by atomic mass is 10.1. The highest BCUT2D eigenvalue weighted by Gasteiger charge is 2.19. The van der Waals surface area contributed by atoms with E-state index in [1.54, 1.807) is 32.4 Å². The van der Waals surface area contributed by atoms with Crippen LogP contribution in [-0.4, -0.2) is 29.5 Å². The number of aryl methyl sites for hydroxylation is 2. The van der Waals surface area contributed by atoms with Crippen LogP contribution >= 0.6 is 0 Å². The monoisotopic (exact) mass is 401 g/mol. The third-order valence-electron chi connectivity index (χ3n) is 5.01. The summed E-state index contributed by atoms with van der Waals surface area (Å²) in [5.74, 6) is 1.44. The molecular weight excluding hydrogens is 378 g/mol. The van der Waals surface area contributed by atoms with Crippen molar-refractivity contribution in [1.82, 2.24) is 9.38 Å². The fraction of sp³-hybridized carbons (Fsp3) is 0.167. The molecule has 6 nitrogen and oxygen atoms in total. The molecule has 0 radical (unpaired) electrons. The van der Waals surface area contributed by atoms with Gasteiger partial charge in [-0.25, -0.2) is 4.98 Å². The third-order valence-corrected chi connectivity index (χ3v) is 5.01. The number of amides is 1. The lowest BCUT2D eigenvalue weighted by Gasteiger charge is -2.11. The molecule has 0 aliphatic rings. The lowest BCUT2D eigenvalue weighted by Crippen LogP contribution is -2.14. The highest BCUT2D eigenvalue weighted by atomic mass is 16.5. The SMILES string of the molecule is COc1cc(OC)cc(C(=O)Nc2c(-c3ccccc3C)nc3ccc(C)cn23)c1. The molecule has 0 saturated carbocycles. The van der Waals surface area contributed by atoms with Gasteiger partial charge in [-0.05, 0) is 43.2 Å². The maximum Gasteiger partial charge on any atom is 0.257 e. The predicted molar refractivity (Wildman–Crippen MR) is 118 cm³/mol. The fourth-order valence-electron chi connectivity index (χ4n) is 3.41. The summed E-state index contributed by atoms with van der Waals surface area (Å²) >= 11 is 0. The van der Waals surface area contributed by atoms with Gasteiger partial charge in [-0.2, -0.15) is 0 Å². The largest absolute Gasteiger partial charge is 0.497 e. The highest BCUT2D eigenvalue weighted by molar-refractivity contribution is 6.06. The molecule has 4 rings (SSSR count). The van der Waals surface area contributed by atoms with Crippen LogP contribution in [-0.2, 0) is 0 Å². The zero-order valence-corrected chi connectivity index (χ0v) is 17.4. The minimum Gasteiger partial charge on any atom is -0.497 e. The van der Waals surface area contributed by atoms with Crippen LogP contribution < -0.4 is 14.8 Å². The van der Waals surface area contributed by atoms with Crippen LogP contribution in [0.4, 0.5) is 5.82 Å². The fourth-order valence-corrected chi connectivity index (χ4v) is 3.41. The standard InChI is InChI=1S/C24H23N3O3/c1-15-9-10-21-25-22(20-8-6-5-7-16(20)2)23(27(21)14-15)26-24(28)17-11-18(29-3)13-19(12-17)30-4/h5-14H,1-4H3,(H,26,28). The number of pyridine rings is 1. The van der Waals surface area contributed by atoms with Gasteiger partial charge in [0.25, 0.3) is 5.91 Å². The molecule has 2 aromatic heterocycles. The van der Waals surface area contributed by atoms with E-state index >= 15 is 0 Å². The Bertz CT molecular complexity index is 1220. The minimum absolute atomic E-state index is 0.273. The topological polar surface area (TPSA) is 64.9 Å². The Hall–Kier alpha value is -3.80. The number of carbonyl (C=O) groups is 1. The van der Waals surface area contributed by atoms with E-state index in [9.17, 15) is 4.79 Å². The van der Waals surface area contributed by atoms with E-state index in [0.29, 0.717) is 22.9 Å². The number of carbonyl (C=O) groups excluding carboxylic acids is 1. The number of benzene rings is 2. The van der Waals surface area contributed by atoms with Crippen molar-refractivity contribution < 1.29 is 14.3 Å². The average Bonchev–Trinajstić information content (AvgIpc) is 3.10. The van der Waals surface area contributed by atoms with Crippen molar-refractivity contribution in [3.8, 4) is 22.8 Å². The number of hydrogen-bond donors (Lipinski definition) is 1. The predicted octanol–water partition coefficient (Wildman–Crippen LogP) is 4.89. The van der Waals surface area contributed by atoms with Crippen LogP contribution in [0.15, 0.2) is 60.8 Å². The van der Waals surface area contributed by atoms with E-state index in [1.807, 2.05) is 60.8 Å². The molecule has 0 fully saturated rings. The van der Waals surface area contributed by atoms with Gasteiger partial charge in [0.15, 0.2) is 0 Å². The Morgan fingerprint density at radius 2 is 1.67 bits per heavy atom. The van der Waals surface area contributed by atoms with E-state index in [0.717, 1.165) is 28.0 Å².